The van der Waals surface area contributed by atoms with Crippen LogP contribution in [0.4, 0.5) is 0 Å². The average Bonchev–Trinajstić information content (AvgIpc) is 3.80. The summed E-state index contributed by atoms with van der Waals surface area (Å²) in [6.45, 7) is 14.1. The Kier molecular flexibility index (Phi) is 10.1. The van der Waals surface area contributed by atoms with Crippen LogP contribution in [0.25, 0.3) is 45.6 Å². The summed E-state index contributed by atoms with van der Waals surface area (Å²) in [4.78, 5) is 0. The van der Waals surface area contributed by atoms with Gasteiger partial charge in [-0.15, -0.1) is 0 Å². The number of halogens is 2. The van der Waals surface area contributed by atoms with Gasteiger partial charge in [0.15, 0.2) is 0 Å². The van der Waals surface area contributed by atoms with E-state index in [2.05, 4.69) is 199 Å². The van der Waals surface area contributed by atoms with E-state index in [1.807, 2.05) is 0 Å². The Morgan fingerprint density at radius 1 is 0.444 bits per heavy atom. The monoisotopic (exact) mass is 927 g/mol. The Bertz CT molecular complexity index is 2260. The zero-order valence-corrected chi connectivity index (χ0v) is 38.4. The number of hydrogen-bond acceptors (Lipinski definition) is 0. The Labute approximate surface area is 331 Å². The van der Waals surface area contributed by atoms with Crippen LogP contribution >= 0.6 is 17.2 Å². The molecule has 2 aliphatic carbocycles. The summed E-state index contributed by atoms with van der Waals surface area (Å²) in [5.41, 5.74) is 18.0. The zero-order valence-electron chi connectivity index (χ0n) is 32.2. The van der Waals surface area contributed by atoms with Gasteiger partial charge in [0.05, 0.1) is 0 Å². The van der Waals surface area contributed by atoms with Gasteiger partial charge in [-0.05, 0) is 0 Å². The molecule has 0 aliphatic heterocycles. The van der Waals surface area contributed by atoms with Gasteiger partial charge in [-0.25, -0.2) is 0 Å². The molecule has 6 aromatic carbocycles. The summed E-state index contributed by atoms with van der Waals surface area (Å²) in [6.07, 6.45) is 4.94. The second kappa shape index (κ2) is 14.5. The van der Waals surface area contributed by atoms with Gasteiger partial charge in [0.1, 0.15) is 0 Å². The fourth-order valence-electron chi connectivity index (χ4n) is 9.55. The third-order valence-corrected chi connectivity index (χ3v) is 84.7. The van der Waals surface area contributed by atoms with Crippen molar-refractivity contribution in [2.24, 2.45) is 0 Å². The van der Waals surface area contributed by atoms with Crippen molar-refractivity contribution in [2.45, 2.75) is 60.0 Å². The molecule has 0 spiro atoms. The minimum absolute atomic E-state index is 0.0739. The molecule has 0 nitrogen and oxygen atoms in total. The summed E-state index contributed by atoms with van der Waals surface area (Å²) in [7, 11) is 18.0. The zero-order chi connectivity index (χ0) is 37.8. The van der Waals surface area contributed by atoms with Crippen molar-refractivity contribution in [2.75, 3.05) is 0 Å². The van der Waals surface area contributed by atoms with E-state index in [0.717, 1.165) is 0 Å². The molecule has 2 aliphatic rings. The number of fused-ring (bicyclic) bond motifs is 2. The minimum atomic E-state index is -5.38. The third kappa shape index (κ3) is 6.04. The first-order chi connectivity index (χ1) is 26.0. The summed E-state index contributed by atoms with van der Waals surface area (Å²) in [5, 5.41) is 0. The molecule has 271 valence electrons. The number of benzene rings is 6. The third-order valence-electron chi connectivity index (χ3n) is 12.3. The van der Waals surface area contributed by atoms with Gasteiger partial charge in [0.2, 0.25) is 0 Å². The summed E-state index contributed by atoms with van der Waals surface area (Å²) in [6, 6.07) is 53.5. The number of allylic oxidation sites excluding steroid dienone is 2. The van der Waals surface area contributed by atoms with E-state index in [4.69, 9.17) is 17.2 Å². The fraction of sp³-hybridized carbons (Fsp3) is 0.200. The van der Waals surface area contributed by atoms with Crippen LogP contribution in [0, 0.1) is 0 Å². The van der Waals surface area contributed by atoms with Crippen LogP contribution < -0.4 is 0 Å². The van der Waals surface area contributed by atoms with Crippen molar-refractivity contribution < 1.29 is 15.3 Å². The van der Waals surface area contributed by atoms with E-state index in [-0.39, 0.29) is 7.35 Å². The number of hydrogen-bond donors (Lipinski definition) is 0. The van der Waals surface area contributed by atoms with Gasteiger partial charge >= 0.3 is 334 Å². The number of rotatable bonds is 9. The van der Waals surface area contributed by atoms with E-state index in [0.29, 0.717) is 11.8 Å². The van der Waals surface area contributed by atoms with Crippen molar-refractivity contribution in [3.63, 3.8) is 0 Å². The molecule has 2 atom stereocenters. The van der Waals surface area contributed by atoms with Gasteiger partial charge in [-0.2, -0.15) is 0 Å². The Balaban J connectivity index is 1.43. The van der Waals surface area contributed by atoms with E-state index < -0.39 is 21.3 Å². The van der Waals surface area contributed by atoms with Crippen molar-refractivity contribution in [3.05, 3.63) is 190 Å². The normalized spacial score (nSPS) is 17.3. The molecule has 0 aromatic heterocycles. The van der Waals surface area contributed by atoms with Crippen LogP contribution in [0.2, 0.25) is 13.1 Å². The maximum atomic E-state index is 9.01. The predicted octanol–water partition coefficient (Wildman–Crippen LogP) is 15.1. The van der Waals surface area contributed by atoms with Crippen LogP contribution in [0.5, 0.6) is 0 Å². The molecular formula is C50H49Cl2HfSi. The van der Waals surface area contributed by atoms with E-state index in [1.54, 1.807) is 0 Å². The molecule has 0 N–H and O–H groups in total. The topological polar surface area (TPSA) is 0 Å². The summed E-state index contributed by atoms with van der Waals surface area (Å²) in [5.74, 6) is -1.04. The second-order valence-corrected chi connectivity index (χ2v) is 75.6. The molecule has 0 saturated heterocycles. The van der Waals surface area contributed by atoms with Gasteiger partial charge in [-0.1, -0.05) is 0 Å². The molecule has 0 saturated carbocycles. The Hall–Kier alpha value is -3.53. The standard InChI is InChI=1S/2C24H21.C2H7Si.2ClH.Hf/c2*1-17(2)21-12-6-7-13-22(21)23-14-8-11-19-15-20(16-24(19)23)18-9-4-3-5-10-18;1-3-2;;;/h2*3-17H,1-2H3;3H,1-2H3;2*1H;/q;;;;;+2/p-2. The first-order valence-electron chi connectivity index (χ1n) is 19.6. The first kappa shape index (κ1) is 37.4. The molecule has 0 radical (unpaired) electrons. The Morgan fingerprint density at radius 2 is 0.796 bits per heavy atom. The fourth-order valence-corrected chi connectivity index (χ4v) is 52.2. The molecule has 2 unspecified atom stereocenters. The van der Waals surface area contributed by atoms with Crippen LogP contribution in [0.3, 0.4) is 0 Å². The van der Waals surface area contributed by atoms with Gasteiger partial charge in [0.25, 0.3) is 0 Å². The molecular weight excluding hydrogens is 878 g/mol. The molecule has 0 fully saturated rings. The maximum absolute atomic E-state index is 9.01. The molecule has 8 rings (SSSR count). The van der Waals surface area contributed by atoms with Crippen molar-refractivity contribution in [3.8, 4) is 22.3 Å². The summed E-state index contributed by atoms with van der Waals surface area (Å²) >= 11 is -5.38. The average molecular weight is 927 g/mol. The van der Waals surface area contributed by atoms with E-state index in [1.165, 1.54) is 77.9 Å². The van der Waals surface area contributed by atoms with E-state index in [9.17, 15) is 0 Å². The molecule has 0 heterocycles. The van der Waals surface area contributed by atoms with Crippen LogP contribution in [0.1, 0.15) is 91.4 Å². The molecule has 6 aromatic rings. The van der Waals surface area contributed by atoms with Crippen LogP contribution in [0.15, 0.2) is 146 Å². The van der Waals surface area contributed by atoms with E-state index >= 15 is 0 Å². The second-order valence-electron chi connectivity index (χ2n) is 16.3. The SMILES string of the molecule is CC(C)c1ccccc1-c1cccc2c1C=C(c1ccccc1)[CH]2[Hf]([Cl])([Cl])([CH]1C(c2ccccc2)=Cc2c(-c3ccccc3C(C)C)cccc21)[SiH](C)C. The quantitative estimate of drug-likeness (QED) is 0.127. The molecule has 0 amide bonds. The van der Waals surface area contributed by atoms with Gasteiger partial charge in [0, 0.05) is 0 Å². The van der Waals surface area contributed by atoms with Gasteiger partial charge < -0.3 is 0 Å². The van der Waals surface area contributed by atoms with Crippen molar-refractivity contribution >= 4 is 46.4 Å². The predicted molar refractivity (Wildman–Crippen MR) is 237 cm³/mol. The first-order valence-corrected chi connectivity index (χ1v) is 41.7. The van der Waals surface area contributed by atoms with Crippen LogP contribution in [-0.2, 0) is 15.3 Å². The van der Waals surface area contributed by atoms with Crippen molar-refractivity contribution in [1.29, 1.82) is 0 Å². The van der Waals surface area contributed by atoms with Crippen molar-refractivity contribution in [1.82, 2.24) is 0 Å². The Morgan fingerprint density at radius 3 is 1.17 bits per heavy atom. The van der Waals surface area contributed by atoms with Crippen LogP contribution in [-0.4, -0.2) is 5.98 Å². The molecule has 0 bridgehead atoms. The van der Waals surface area contributed by atoms with Gasteiger partial charge in [-0.3, -0.25) is 0 Å². The molecule has 54 heavy (non-hydrogen) atoms. The molecule has 4 heteroatoms. The summed E-state index contributed by atoms with van der Waals surface area (Å²) < 4.78 is -0.148.